The molecule has 128 valence electrons. The lowest BCUT2D eigenvalue weighted by atomic mass is 10.1. The standard InChI is InChI=1S/C15H21N3O4.ClH/c1-3-4-12(16)15(21)18-11-7-5-10(6-8-11)14(20)17-9-13(19)22-2;/h5-8,12H,3-4,9,16H2,1-2H3,(H,17,20)(H,18,21);1H. The molecule has 23 heavy (non-hydrogen) atoms. The Morgan fingerprint density at radius 1 is 1.22 bits per heavy atom. The number of benzene rings is 1. The summed E-state index contributed by atoms with van der Waals surface area (Å²) in [6.07, 6.45) is 1.44. The SMILES string of the molecule is CCCC(N)C(=O)Nc1ccc(C(=O)NCC(=O)OC)cc1.Cl. The van der Waals surface area contributed by atoms with E-state index in [1.165, 1.54) is 7.11 Å². The normalized spacial score (nSPS) is 10.9. The molecule has 0 bridgehead atoms. The molecule has 8 heteroatoms. The number of methoxy groups -OCH3 is 1. The highest BCUT2D eigenvalue weighted by Gasteiger charge is 2.13. The van der Waals surface area contributed by atoms with Crippen LogP contribution in [0, 0.1) is 0 Å². The minimum atomic E-state index is -0.548. The smallest absolute Gasteiger partial charge is 0.325 e. The predicted octanol–water partition coefficient (Wildman–Crippen LogP) is 1.08. The second-order valence-corrected chi connectivity index (χ2v) is 4.72. The molecule has 0 radical (unpaired) electrons. The van der Waals surface area contributed by atoms with E-state index in [2.05, 4.69) is 15.4 Å². The zero-order valence-electron chi connectivity index (χ0n) is 13.1. The Morgan fingerprint density at radius 3 is 2.35 bits per heavy atom. The van der Waals surface area contributed by atoms with Gasteiger partial charge in [0.2, 0.25) is 5.91 Å². The fourth-order valence-electron chi connectivity index (χ4n) is 1.71. The first-order valence-corrected chi connectivity index (χ1v) is 6.99. The van der Waals surface area contributed by atoms with Gasteiger partial charge in [-0.2, -0.15) is 0 Å². The molecule has 1 unspecified atom stereocenters. The van der Waals surface area contributed by atoms with Gasteiger partial charge in [0.05, 0.1) is 13.2 Å². The van der Waals surface area contributed by atoms with Crippen LogP contribution in [-0.4, -0.2) is 37.5 Å². The molecule has 0 aliphatic carbocycles. The summed E-state index contributed by atoms with van der Waals surface area (Å²) in [7, 11) is 1.25. The van der Waals surface area contributed by atoms with E-state index < -0.39 is 17.9 Å². The van der Waals surface area contributed by atoms with Crippen LogP contribution >= 0.6 is 12.4 Å². The molecule has 0 aliphatic rings. The van der Waals surface area contributed by atoms with Crippen LogP contribution in [-0.2, 0) is 14.3 Å². The fourth-order valence-corrected chi connectivity index (χ4v) is 1.71. The Hall–Kier alpha value is -2.12. The van der Waals surface area contributed by atoms with Gasteiger partial charge in [-0.1, -0.05) is 13.3 Å². The fraction of sp³-hybridized carbons (Fsp3) is 0.400. The molecule has 0 fully saturated rings. The van der Waals surface area contributed by atoms with Gasteiger partial charge < -0.3 is 21.1 Å². The topological polar surface area (TPSA) is 111 Å². The number of carbonyl (C=O) groups excluding carboxylic acids is 3. The second-order valence-electron chi connectivity index (χ2n) is 4.72. The number of nitrogens with two attached hydrogens (primary N) is 1. The maximum absolute atomic E-state index is 11.8. The summed E-state index contributed by atoms with van der Waals surface area (Å²) < 4.78 is 4.43. The van der Waals surface area contributed by atoms with Crippen LogP contribution < -0.4 is 16.4 Å². The Bertz CT molecular complexity index is 534. The Balaban J connectivity index is 0.00000484. The highest BCUT2D eigenvalue weighted by Crippen LogP contribution is 2.10. The van der Waals surface area contributed by atoms with Crippen molar-refractivity contribution in [2.75, 3.05) is 19.0 Å². The molecule has 4 N–H and O–H groups in total. The average molecular weight is 344 g/mol. The van der Waals surface area contributed by atoms with Crippen LogP contribution in [0.3, 0.4) is 0 Å². The van der Waals surface area contributed by atoms with Crippen molar-refractivity contribution in [2.45, 2.75) is 25.8 Å². The summed E-state index contributed by atoms with van der Waals surface area (Å²) in [5.74, 6) is -1.18. The van der Waals surface area contributed by atoms with Gasteiger partial charge in [0.1, 0.15) is 6.54 Å². The van der Waals surface area contributed by atoms with E-state index >= 15 is 0 Å². The number of halogens is 1. The molecule has 0 heterocycles. The van der Waals surface area contributed by atoms with Crippen molar-refractivity contribution in [2.24, 2.45) is 5.73 Å². The molecule has 0 aromatic heterocycles. The number of esters is 1. The number of rotatable bonds is 7. The van der Waals surface area contributed by atoms with E-state index in [-0.39, 0.29) is 24.9 Å². The van der Waals surface area contributed by atoms with Crippen molar-refractivity contribution in [3.63, 3.8) is 0 Å². The van der Waals surface area contributed by atoms with Crippen molar-refractivity contribution >= 4 is 35.9 Å². The minimum Gasteiger partial charge on any atom is -0.468 e. The molecule has 1 rings (SSSR count). The first kappa shape index (κ1) is 20.9. The molecule has 1 aromatic rings. The molecule has 7 nitrogen and oxygen atoms in total. The van der Waals surface area contributed by atoms with Gasteiger partial charge in [0.25, 0.3) is 5.91 Å². The van der Waals surface area contributed by atoms with Gasteiger partial charge in [-0.3, -0.25) is 14.4 Å². The third-order valence-electron chi connectivity index (χ3n) is 2.97. The summed E-state index contributed by atoms with van der Waals surface area (Å²) >= 11 is 0. The van der Waals surface area contributed by atoms with Gasteiger partial charge >= 0.3 is 5.97 Å². The van der Waals surface area contributed by atoms with Crippen LogP contribution in [0.2, 0.25) is 0 Å². The van der Waals surface area contributed by atoms with E-state index in [1.807, 2.05) is 6.92 Å². The Morgan fingerprint density at radius 2 is 1.83 bits per heavy atom. The molecule has 0 saturated carbocycles. The number of carbonyl (C=O) groups is 3. The molecule has 1 atom stereocenters. The molecular formula is C15H22ClN3O4. The molecule has 2 amide bonds. The maximum Gasteiger partial charge on any atom is 0.325 e. The number of anilines is 1. The third-order valence-corrected chi connectivity index (χ3v) is 2.97. The third kappa shape index (κ3) is 7.12. The minimum absolute atomic E-state index is 0. The first-order valence-electron chi connectivity index (χ1n) is 6.99. The number of amides is 2. The summed E-state index contributed by atoms with van der Waals surface area (Å²) in [5.41, 5.74) is 6.65. The largest absolute Gasteiger partial charge is 0.468 e. The zero-order valence-corrected chi connectivity index (χ0v) is 13.9. The molecular weight excluding hydrogens is 322 g/mol. The lowest BCUT2D eigenvalue weighted by Crippen LogP contribution is -2.35. The summed E-state index contributed by atoms with van der Waals surface area (Å²) in [4.78, 5) is 34.5. The number of hydrogen-bond acceptors (Lipinski definition) is 5. The monoisotopic (exact) mass is 343 g/mol. The van der Waals surface area contributed by atoms with Crippen LogP contribution in [0.5, 0.6) is 0 Å². The molecule has 0 saturated heterocycles. The van der Waals surface area contributed by atoms with Gasteiger partial charge in [0, 0.05) is 11.3 Å². The van der Waals surface area contributed by atoms with E-state index in [4.69, 9.17) is 5.73 Å². The van der Waals surface area contributed by atoms with Gasteiger partial charge in [-0.25, -0.2) is 0 Å². The van der Waals surface area contributed by atoms with Crippen molar-refractivity contribution in [1.82, 2.24) is 5.32 Å². The van der Waals surface area contributed by atoms with Gasteiger partial charge in [-0.05, 0) is 30.7 Å². The maximum atomic E-state index is 11.8. The average Bonchev–Trinajstić information content (AvgIpc) is 2.53. The summed E-state index contributed by atoms with van der Waals surface area (Å²) in [5, 5.41) is 5.11. The van der Waals surface area contributed by atoms with Crippen LogP contribution in [0.15, 0.2) is 24.3 Å². The van der Waals surface area contributed by atoms with Gasteiger partial charge in [-0.15, -0.1) is 12.4 Å². The van der Waals surface area contributed by atoms with Crippen molar-refractivity contribution in [3.8, 4) is 0 Å². The van der Waals surface area contributed by atoms with Crippen LogP contribution in [0.25, 0.3) is 0 Å². The number of hydrogen-bond donors (Lipinski definition) is 3. The van der Waals surface area contributed by atoms with Crippen LogP contribution in [0.1, 0.15) is 30.1 Å². The van der Waals surface area contributed by atoms with Crippen molar-refractivity contribution < 1.29 is 19.1 Å². The number of ether oxygens (including phenoxy) is 1. The summed E-state index contributed by atoms with van der Waals surface area (Å²) in [6, 6.07) is 5.75. The van der Waals surface area contributed by atoms with E-state index in [0.29, 0.717) is 17.7 Å². The lowest BCUT2D eigenvalue weighted by Gasteiger charge is -2.11. The zero-order chi connectivity index (χ0) is 16.5. The van der Waals surface area contributed by atoms with Crippen molar-refractivity contribution in [1.29, 1.82) is 0 Å². The number of nitrogens with one attached hydrogen (secondary N) is 2. The van der Waals surface area contributed by atoms with Crippen LogP contribution in [0.4, 0.5) is 5.69 Å². The molecule has 0 spiro atoms. The summed E-state index contributed by atoms with van der Waals surface area (Å²) in [6.45, 7) is 1.76. The Labute approximate surface area is 141 Å². The lowest BCUT2D eigenvalue weighted by molar-refractivity contribution is -0.139. The van der Waals surface area contributed by atoms with Crippen molar-refractivity contribution in [3.05, 3.63) is 29.8 Å². The predicted molar refractivity (Wildman–Crippen MR) is 89.6 cm³/mol. The molecule has 1 aromatic carbocycles. The Kier molecular flexibility index (Phi) is 9.60. The van der Waals surface area contributed by atoms with Gasteiger partial charge in [0.15, 0.2) is 0 Å². The highest BCUT2D eigenvalue weighted by atomic mass is 35.5. The van der Waals surface area contributed by atoms with E-state index in [9.17, 15) is 14.4 Å². The molecule has 0 aliphatic heterocycles. The second kappa shape index (κ2) is 10.6. The van der Waals surface area contributed by atoms with E-state index in [1.54, 1.807) is 24.3 Å². The first-order chi connectivity index (χ1) is 10.5. The van der Waals surface area contributed by atoms with E-state index in [0.717, 1.165) is 6.42 Å². The highest BCUT2D eigenvalue weighted by molar-refractivity contribution is 5.97. The quantitative estimate of drug-likeness (QED) is 0.641.